The van der Waals surface area contributed by atoms with Gasteiger partial charge < -0.3 is 11.1 Å². The molecule has 0 unspecified atom stereocenters. The lowest BCUT2D eigenvalue weighted by Gasteiger charge is -2.18. The van der Waals surface area contributed by atoms with Crippen LogP contribution in [0.4, 0.5) is 10.1 Å². The third-order valence-electron chi connectivity index (χ3n) is 2.02. The van der Waals surface area contributed by atoms with Crippen LogP contribution in [-0.4, -0.2) is 11.4 Å². The molecule has 4 heteroatoms. The van der Waals surface area contributed by atoms with Crippen molar-refractivity contribution in [3.05, 3.63) is 29.6 Å². The SMILES string of the molecule is Cc1cc(F)ccc1NC(=O)C(C)(C)N. The number of rotatable bonds is 2. The van der Waals surface area contributed by atoms with E-state index in [-0.39, 0.29) is 11.7 Å². The smallest absolute Gasteiger partial charge is 0.243 e. The van der Waals surface area contributed by atoms with Crippen LogP contribution in [0.15, 0.2) is 18.2 Å². The van der Waals surface area contributed by atoms with E-state index in [1.165, 1.54) is 18.2 Å². The third-order valence-corrected chi connectivity index (χ3v) is 2.02. The molecule has 3 nitrogen and oxygen atoms in total. The fraction of sp³-hybridized carbons (Fsp3) is 0.364. The zero-order chi connectivity index (χ0) is 11.6. The number of anilines is 1. The molecule has 1 aromatic rings. The molecule has 0 spiro atoms. The molecule has 1 aromatic carbocycles. The number of aryl methyl sites for hydroxylation is 1. The molecular weight excluding hydrogens is 195 g/mol. The molecule has 0 aliphatic carbocycles. The molecule has 0 fully saturated rings. The minimum atomic E-state index is -0.944. The Morgan fingerprint density at radius 1 is 1.47 bits per heavy atom. The first-order chi connectivity index (χ1) is 6.80. The van der Waals surface area contributed by atoms with Crippen molar-refractivity contribution in [1.29, 1.82) is 0 Å². The molecular formula is C11H15FN2O. The Balaban J connectivity index is 2.87. The number of nitrogens with one attached hydrogen (secondary N) is 1. The maximum Gasteiger partial charge on any atom is 0.243 e. The molecule has 0 saturated heterocycles. The van der Waals surface area contributed by atoms with Gasteiger partial charge in [-0.2, -0.15) is 0 Å². The third kappa shape index (κ3) is 3.02. The summed E-state index contributed by atoms with van der Waals surface area (Å²) < 4.78 is 12.8. The van der Waals surface area contributed by atoms with Crippen molar-refractivity contribution in [1.82, 2.24) is 0 Å². The van der Waals surface area contributed by atoms with Crippen LogP contribution < -0.4 is 11.1 Å². The Hall–Kier alpha value is -1.42. The van der Waals surface area contributed by atoms with Gasteiger partial charge in [-0.15, -0.1) is 0 Å². The Kier molecular flexibility index (Phi) is 3.09. The molecule has 0 saturated carbocycles. The zero-order valence-corrected chi connectivity index (χ0v) is 9.10. The summed E-state index contributed by atoms with van der Waals surface area (Å²) >= 11 is 0. The number of benzene rings is 1. The van der Waals surface area contributed by atoms with Crippen LogP contribution in [0.1, 0.15) is 19.4 Å². The fourth-order valence-electron chi connectivity index (χ4n) is 1.05. The van der Waals surface area contributed by atoms with E-state index < -0.39 is 5.54 Å². The summed E-state index contributed by atoms with van der Waals surface area (Å²) in [5.41, 5.74) is 5.93. The van der Waals surface area contributed by atoms with E-state index in [1.807, 2.05) is 0 Å². The summed E-state index contributed by atoms with van der Waals surface area (Å²) in [6, 6.07) is 4.18. The quantitative estimate of drug-likeness (QED) is 0.782. The second kappa shape index (κ2) is 3.98. The van der Waals surface area contributed by atoms with Gasteiger partial charge in [0, 0.05) is 5.69 Å². The maximum absolute atomic E-state index is 12.8. The summed E-state index contributed by atoms with van der Waals surface area (Å²) in [4.78, 5) is 11.5. The van der Waals surface area contributed by atoms with Crippen molar-refractivity contribution in [2.45, 2.75) is 26.3 Å². The van der Waals surface area contributed by atoms with Gasteiger partial charge in [0.05, 0.1) is 5.54 Å². The molecule has 15 heavy (non-hydrogen) atoms. The lowest BCUT2D eigenvalue weighted by atomic mass is 10.1. The lowest BCUT2D eigenvalue weighted by molar-refractivity contribution is -0.120. The van der Waals surface area contributed by atoms with Crippen LogP contribution in [0, 0.1) is 12.7 Å². The van der Waals surface area contributed by atoms with Gasteiger partial charge in [-0.3, -0.25) is 4.79 Å². The van der Waals surface area contributed by atoms with Crippen molar-refractivity contribution in [2.75, 3.05) is 5.32 Å². The van der Waals surface area contributed by atoms with E-state index in [4.69, 9.17) is 5.73 Å². The number of halogens is 1. The van der Waals surface area contributed by atoms with Crippen LogP contribution in [0.2, 0.25) is 0 Å². The average Bonchev–Trinajstić information content (AvgIpc) is 2.08. The number of nitrogens with two attached hydrogens (primary N) is 1. The first-order valence-electron chi connectivity index (χ1n) is 4.67. The minimum absolute atomic E-state index is 0.294. The molecule has 0 bridgehead atoms. The predicted molar refractivity (Wildman–Crippen MR) is 58.0 cm³/mol. The molecule has 0 radical (unpaired) electrons. The standard InChI is InChI=1S/C11H15FN2O/c1-7-6-8(12)4-5-9(7)14-10(15)11(2,3)13/h4-6H,13H2,1-3H3,(H,14,15). The second-order valence-electron chi connectivity index (χ2n) is 4.14. The number of carbonyl (C=O) groups is 1. The summed E-state index contributed by atoms with van der Waals surface area (Å²) in [5, 5.41) is 2.65. The van der Waals surface area contributed by atoms with E-state index in [9.17, 15) is 9.18 Å². The van der Waals surface area contributed by atoms with Gasteiger partial charge in [0.2, 0.25) is 5.91 Å². The summed E-state index contributed by atoms with van der Waals surface area (Å²) in [6.45, 7) is 4.95. The summed E-state index contributed by atoms with van der Waals surface area (Å²) in [5.74, 6) is -0.616. The highest BCUT2D eigenvalue weighted by molar-refractivity contribution is 5.97. The topological polar surface area (TPSA) is 55.1 Å². The highest BCUT2D eigenvalue weighted by Gasteiger charge is 2.22. The van der Waals surface area contributed by atoms with Gasteiger partial charge in [0.1, 0.15) is 5.82 Å². The van der Waals surface area contributed by atoms with Crippen LogP contribution in [0.3, 0.4) is 0 Å². The van der Waals surface area contributed by atoms with Gasteiger partial charge in [-0.25, -0.2) is 4.39 Å². The Morgan fingerprint density at radius 2 is 2.07 bits per heavy atom. The fourth-order valence-corrected chi connectivity index (χ4v) is 1.05. The summed E-state index contributed by atoms with van der Waals surface area (Å²) in [7, 11) is 0. The highest BCUT2D eigenvalue weighted by atomic mass is 19.1. The van der Waals surface area contributed by atoms with E-state index in [2.05, 4.69) is 5.32 Å². The molecule has 0 aliphatic rings. The largest absolute Gasteiger partial charge is 0.324 e. The molecule has 0 heterocycles. The van der Waals surface area contributed by atoms with Crippen molar-refractivity contribution in [3.63, 3.8) is 0 Å². The molecule has 0 aliphatic heterocycles. The van der Waals surface area contributed by atoms with E-state index in [1.54, 1.807) is 20.8 Å². The maximum atomic E-state index is 12.8. The molecule has 1 rings (SSSR count). The van der Waals surface area contributed by atoms with Gasteiger partial charge in [-0.05, 0) is 44.5 Å². The van der Waals surface area contributed by atoms with Gasteiger partial charge in [0.15, 0.2) is 0 Å². The molecule has 82 valence electrons. The molecule has 0 aromatic heterocycles. The molecule has 0 atom stereocenters. The number of hydrogen-bond donors (Lipinski definition) is 2. The molecule has 3 N–H and O–H groups in total. The van der Waals surface area contributed by atoms with Crippen molar-refractivity contribution >= 4 is 11.6 Å². The Bertz CT molecular complexity index is 383. The van der Waals surface area contributed by atoms with Crippen LogP contribution >= 0.6 is 0 Å². The van der Waals surface area contributed by atoms with Gasteiger partial charge >= 0.3 is 0 Å². The average molecular weight is 210 g/mol. The minimum Gasteiger partial charge on any atom is -0.324 e. The number of amides is 1. The second-order valence-corrected chi connectivity index (χ2v) is 4.14. The van der Waals surface area contributed by atoms with Crippen LogP contribution in [0.5, 0.6) is 0 Å². The van der Waals surface area contributed by atoms with E-state index >= 15 is 0 Å². The van der Waals surface area contributed by atoms with Gasteiger partial charge in [-0.1, -0.05) is 0 Å². The normalized spacial score (nSPS) is 11.3. The highest BCUT2D eigenvalue weighted by Crippen LogP contribution is 2.16. The monoisotopic (exact) mass is 210 g/mol. The first-order valence-corrected chi connectivity index (χ1v) is 4.67. The number of carbonyl (C=O) groups excluding carboxylic acids is 1. The summed E-state index contributed by atoms with van der Waals surface area (Å²) in [6.07, 6.45) is 0. The van der Waals surface area contributed by atoms with Crippen LogP contribution in [0.25, 0.3) is 0 Å². The lowest BCUT2D eigenvalue weighted by Crippen LogP contribution is -2.45. The predicted octanol–water partition coefficient (Wildman–Crippen LogP) is 1.81. The van der Waals surface area contributed by atoms with Crippen molar-refractivity contribution in [2.24, 2.45) is 5.73 Å². The van der Waals surface area contributed by atoms with E-state index in [0.717, 1.165) is 0 Å². The van der Waals surface area contributed by atoms with Crippen molar-refractivity contribution < 1.29 is 9.18 Å². The van der Waals surface area contributed by atoms with E-state index in [0.29, 0.717) is 11.3 Å². The van der Waals surface area contributed by atoms with Crippen LogP contribution in [-0.2, 0) is 4.79 Å². The number of hydrogen-bond acceptors (Lipinski definition) is 2. The Morgan fingerprint density at radius 3 is 2.53 bits per heavy atom. The first kappa shape index (κ1) is 11.7. The zero-order valence-electron chi connectivity index (χ0n) is 9.10. The van der Waals surface area contributed by atoms with Crippen molar-refractivity contribution in [3.8, 4) is 0 Å². The Labute approximate surface area is 88.5 Å². The molecule has 1 amide bonds. The van der Waals surface area contributed by atoms with Gasteiger partial charge in [0.25, 0.3) is 0 Å².